The summed E-state index contributed by atoms with van der Waals surface area (Å²) in [7, 11) is 0. The highest BCUT2D eigenvalue weighted by molar-refractivity contribution is 9.09. The van der Waals surface area contributed by atoms with Crippen LogP contribution in [-0.4, -0.2) is 85.7 Å². The fourth-order valence-electron chi connectivity index (χ4n) is 3.05. The second-order valence-corrected chi connectivity index (χ2v) is 8.86. The molecule has 2 rings (SSSR count). The van der Waals surface area contributed by atoms with E-state index in [1.54, 1.807) is 0 Å². The molecule has 25 heavy (non-hydrogen) atoms. The summed E-state index contributed by atoms with van der Waals surface area (Å²) in [5.41, 5.74) is 0. The monoisotopic (exact) mass is 440 g/mol. The van der Waals surface area contributed by atoms with Crippen molar-refractivity contribution in [1.82, 2.24) is 9.80 Å². The number of hydrogen-bond acceptors (Lipinski definition) is 4. The van der Waals surface area contributed by atoms with Crippen LogP contribution >= 0.6 is 27.5 Å². The minimum absolute atomic E-state index is 0.327. The van der Waals surface area contributed by atoms with E-state index < -0.39 is 0 Å². The van der Waals surface area contributed by atoms with Crippen LogP contribution in [0.5, 0.6) is 0 Å². The van der Waals surface area contributed by atoms with Gasteiger partial charge in [-0.2, -0.15) is 0 Å². The van der Waals surface area contributed by atoms with Gasteiger partial charge in [0, 0.05) is 49.5 Å². The van der Waals surface area contributed by atoms with Crippen LogP contribution in [0, 0.1) is 0 Å². The molecule has 0 radical (unpaired) electrons. The van der Waals surface area contributed by atoms with Crippen LogP contribution in [0.1, 0.15) is 46.0 Å². The van der Waals surface area contributed by atoms with E-state index in [1.807, 2.05) is 0 Å². The van der Waals surface area contributed by atoms with Gasteiger partial charge in [0.05, 0.1) is 26.4 Å². The lowest BCUT2D eigenvalue weighted by Gasteiger charge is -2.28. The predicted molar refractivity (Wildman–Crippen MR) is 111 cm³/mol. The van der Waals surface area contributed by atoms with Crippen molar-refractivity contribution in [2.75, 3.05) is 65.7 Å². The number of hydrogen-bond donors (Lipinski definition) is 0. The smallest absolute Gasteiger partial charge is 0.0594 e. The topological polar surface area (TPSA) is 24.9 Å². The summed E-state index contributed by atoms with van der Waals surface area (Å²) in [5.74, 6) is 0. The second-order valence-electron chi connectivity index (χ2n) is 6.95. The van der Waals surface area contributed by atoms with Crippen LogP contribution in [0.25, 0.3) is 0 Å². The maximum Gasteiger partial charge on any atom is 0.0594 e. The highest BCUT2D eigenvalue weighted by Crippen LogP contribution is 2.12. The maximum absolute atomic E-state index is 6.13. The van der Waals surface area contributed by atoms with Gasteiger partial charge in [0.15, 0.2) is 0 Å². The minimum atomic E-state index is 0.327. The Bertz CT molecular complexity index is 301. The van der Waals surface area contributed by atoms with Crippen LogP contribution in [0.3, 0.4) is 0 Å². The Labute approximate surface area is 168 Å². The third-order valence-corrected chi connectivity index (χ3v) is 5.70. The zero-order valence-electron chi connectivity index (χ0n) is 16.2. The summed E-state index contributed by atoms with van der Waals surface area (Å²) in [4.78, 5) is 5.54. The Hall–Kier alpha value is 0.610. The van der Waals surface area contributed by atoms with Gasteiger partial charge in [-0.05, 0) is 12.8 Å². The van der Waals surface area contributed by atoms with Crippen molar-refractivity contribution in [3.05, 3.63) is 0 Å². The fourth-order valence-corrected chi connectivity index (χ4v) is 4.20. The Morgan fingerprint density at radius 3 is 1.84 bits per heavy atom. The molecule has 0 saturated carbocycles. The molecule has 4 nitrogen and oxygen atoms in total. The first-order chi connectivity index (χ1) is 12.2. The van der Waals surface area contributed by atoms with Crippen LogP contribution < -0.4 is 0 Å². The van der Waals surface area contributed by atoms with Crippen LogP contribution in [0.15, 0.2) is 0 Å². The van der Waals surface area contributed by atoms with Crippen LogP contribution in [-0.2, 0) is 9.47 Å². The summed E-state index contributed by atoms with van der Waals surface area (Å²) < 4.78 is 10.6. The van der Waals surface area contributed by atoms with Gasteiger partial charge in [-0.1, -0.05) is 49.0 Å². The van der Waals surface area contributed by atoms with Crippen LogP contribution in [0.4, 0.5) is 0 Å². The number of nitrogens with zero attached hydrogens (tertiary/aromatic N) is 2. The molecule has 0 spiro atoms. The average molecular weight is 442 g/mol. The van der Waals surface area contributed by atoms with Crippen molar-refractivity contribution in [3.8, 4) is 0 Å². The molecular weight excluding hydrogens is 404 g/mol. The number of rotatable bonds is 9. The molecule has 2 unspecified atom stereocenters. The van der Waals surface area contributed by atoms with E-state index >= 15 is 0 Å². The lowest BCUT2D eigenvalue weighted by molar-refractivity contribution is 0.0376. The fraction of sp³-hybridized carbons (Fsp3) is 1.00. The Morgan fingerprint density at radius 1 is 0.840 bits per heavy atom. The molecule has 2 aliphatic heterocycles. The van der Waals surface area contributed by atoms with Gasteiger partial charge in [0.25, 0.3) is 0 Å². The Balaban J connectivity index is 0.000000251. The van der Waals surface area contributed by atoms with Crippen molar-refractivity contribution in [1.29, 1.82) is 0 Å². The van der Waals surface area contributed by atoms with Gasteiger partial charge < -0.3 is 9.47 Å². The second kappa shape index (κ2) is 15.6. The normalized spacial score (nSPS) is 22.1. The van der Waals surface area contributed by atoms with Crippen LogP contribution in [0.2, 0.25) is 0 Å². The van der Waals surface area contributed by atoms with Crippen molar-refractivity contribution in [2.24, 2.45) is 0 Å². The molecule has 0 aromatic rings. The summed E-state index contributed by atoms with van der Waals surface area (Å²) in [6.07, 6.45) is 6.23. The molecule has 2 saturated heterocycles. The first-order valence-electron chi connectivity index (χ1n) is 10.0. The van der Waals surface area contributed by atoms with E-state index in [0.29, 0.717) is 10.2 Å². The maximum atomic E-state index is 6.13. The number of morpholine rings is 2. The molecule has 2 fully saturated rings. The number of alkyl halides is 2. The van der Waals surface area contributed by atoms with Gasteiger partial charge >= 0.3 is 0 Å². The van der Waals surface area contributed by atoms with E-state index in [-0.39, 0.29) is 0 Å². The zero-order valence-corrected chi connectivity index (χ0v) is 18.6. The molecule has 0 aliphatic carbocycles. The molecule has 6 heteroatoms. The molecular formula is C19H38BrClN2O2. The van der Waals surface area contributed by atoms with E-state index in [9.17, 15) is 0 Å². The van der Waals surface area contributed by atoms with Gasteiger partial charge in [0.2, 0.25) is 0 Å². The number of halogens is 2. The van der Waals surface area contributed by atoms with E-state index in [0.717, 1.165) is 65.6 Å². The zero-order chi connectivity index (χ0) is 18.3. The molecule has 2 heterocycles. The number of ether oxygens (including phenoxy) is 2. The largest absolute Gasteiger partial charge is 0.379 e. The van der Waals surface area contributed by atoms with Gasteiger partial charge in [-0.15, -0.1) is 11.6 Å². The average Bonchev–Trinajstić information content (AvgIpc) is 2.62. The summed E-state index contributed by atoms with van der Waals surface area (Å²) in [5, 5.41) is 0.327. The summed E-state index contributed by atoms with van der Waals surface area (Å²) in [6.45, 7) is 14.5. The number of unbranched alkanes of at least 4 members (excludes halogenated alkanes) is 1. The molecule has 2 aliphatic rings. The molecule has 2 atom stereocenters. The van der Waals surface area contributed by atoms with Crippen molar-refractivity contribution in [3.63, 3.8) is 0 Å². The highest BCUT2D eigenvalue weighted by atomic mass is 79.9. The van der Waals surface area contributed by atoms with Crippen molar-refractivity contribution < 1.29 is 9.47 Å². The summed E-state index contributed by atoms with van der Waals surface area (Å²) >= 11 is 9.86. The van der Waals surface area contributed by atoms with Gasteiger partial charge in [-0.25, -0.2) is 0 Å². The first-order valence-corrected chi connectivity index (χ1v) is 11.4. The standard InChI is InChI=1S/C10H20BrNO.C9H18ClNO/c1-2-3-4-10(11)9-12-5-7-13-8-6-12;1-2-3-9(10)8-11-4-6-12-7-5-11/h10H,2-9H2,1H3;9H,2-8H2,1H3. The Morgan fingerprint density at radius 2 is 1.36 bits per heavy atom. The Kier molecular flexibility index (Phi) is 14.8. The van der Waals surface area contributed by atoms with E-state index in [4.69, 9.17) is 21.1 Å². The quantitative estimate of drug-likeness (QED) is 0.505. The molecule has 0 aromatic carbocycles. The van der Waals surface area contributed by atoms with Gasteiger partial charge in [0.1, 0.15) is 0 Å². The lowest BCUT2D eigenvalue weighted by atomic mass is 10.2. The predicted octanol–water partition coefficient (Wildman–Crippen LogP) is 4.00. The van der Waals surface area contributed by atoms with Gasteiger partial charge in [-0.3, -0.25) is 9.80 Å². The SMILES string of the molecule is CCCC(Cl)CN1CCOCC1.CCCCC(Br)CN1CCOCC1. The first kappa shape index (κ1) is 23.6. The molecule has 150 valence electrons. The highest BCUT2D eigenvalue weighted by Gasteiger charge is 2.14. The van der Waals surface area contributed by atoms with E-state index in [1.165, 1.54) is 32.2 Å². The third-order valence-electron chi connectivity index (χ3n) is 4.59. The molecule has 0 aromatic heterocycles. The van der Waals surface area contributed by atoms with Crippen molar-refractivity contribution in [2.45, 2.75) is 56.2 Å². The van der Waals surface area contributed by atoms with Crippen molar-refractivity contribution >= 4 is 27.5 Å². The molecule has 0 amide bonds. The third kappa shape index (κ3) is 12.6. The summed E-state index contributed by atoms with van der Waals surface area (Å²) in [6, 6.07) is 0. The molecule has 0 N–H and O–H groups in total. The molecule has 0 bridgehead atoms. The van der Waals surface area contributed by atoms with E-state index in [2.05, 4.69) is 39.6 Å². The minimum Gasteiger partial charge on any atom is -0.379 e. The lowest BCUT2D eigenvalue weighted by Crippen LogP contribution is -2.39.